The average Bonchev–Trinajstić information content (AvgIpc) is 2.43. The molecule has 1 heterocycles. The van der Waals surface area contributed by atoms with Crippen LogP contribution in [-0.4, -0.2) is 41.5 Å². The van der Waals surface area contributed by atoms with Gasteiger partial charge in [0, 0.05) is 18.9 Å². The molecule has 2 aliphatic rings. The molecule has 0 aromatic carbocycles. The summed E-state index contributed by atoms with van der Waals surface area (Å²) in [5.41, 5.74) is 0. The molecular weight excluding hydrogens is 250 g/mol. The molecule has 0 bridgehead atoms. The van der Waals surface area contributed by atoms with Crippen LogP contribution >= 0.6 is 0 Å². The molecule has 1 N–H and O–H groups in total. The first-order valence-corrected chi connectivity index (χ1v) is 8.53. The van der Waals surface area contributed by atoms with Gasteiger partial charge >= 0.3 is 0 Å². The van der Waals surface area contributed by atoms with Gasteiger partial charge in [0.1, 0.15) is 5.78 Å². The first-order chi connectivity index (χ1) is 9.60. The molecule has 1 saturated carbocycles. The number of ketones is 1. The van der Waals surface area contributed by atoms with Crippen molar-refractivity contribution in [2.24, 2.45) is 17.8 Å². The Morgan fingerprint density at radius 1 is 1.30 bits per heavy atom. The highest BCUT2D eigenvalue weighted by molar-refractivity contribution is 5.81. The van der Waals surface area contributed by atoms with E-state index in [1.54, 1.807) is 0 Å². The number of Topliss-reactive ketones (excluding diaryl/α,β-unsaturated/α-hetero) is 1. The van der Waals surface area contributed by atoms with Crippen molar-refractivity contribution in [2.45, 2.75) is 64.9 Å². The summed E-state index contributed by atoms with van der Waals surface area (Å²) in [5.74, 6) is 2.01. The van der Waals surface area contributed by atoms with E-state index in [-0.39, 0.29) is 12.0 Å². The quantitative estimate of drug-likeness (QED) is 0.842. The summed E-state index contributed by atoms with van der Waals surface area (Å²) in [6, 6.07) is 0. The molecule has 1 aliphatic carbocycles. The Balaban J connectivity index is 1.79. The second kappa shape index (κ2) is 7.56. The molecule has 1 saturated heterocycles. The topological polar surface area (TPSA) is 40.5 Å². The van der Waals surface area contributed by atoms with E-state index in [0.717, 1.165) is 57.7 Å². The summed E-state index contributed by atoms with van der Waals surface area (Å²) in [6.07, 6.45) is 7.55. The van der Waals surface area contributed by atoms with Crippen molar-refractivity contribution in [3.05, 3.63) is 0 Å². The van der Waals surface area contributed by atoms with Crippen LogP contribution in [0.15, 0.2) is 0 Å². The molecule has 20 heavy (non-hydrogen) atoms. The molecule has 0 radical (unpaired) electrons. The van der Waals surface area contributed by atoms with Crippen molar-refractivity contribution in [3.8, 4) is 0 Å². The molecule has 0 aromatic rings. The van der Waals surface area contributed by atoms with E-state index in [1.165, 1.54) is 12.8 Å². The van der Waals surface area contributed by atoms with Gasteiger partial charge in [0.25, 0.3) is 0 Å². The highest BCUT2D eigenvalue weighted by atomic mass is 16.3. The number of carbonyl (C=O) groups excluding carboxylic acids is 1. The van der Waals surface area contributed by atoms with E-state index in [2.05, 4.69) is 11.8 Å². The Bertz CT molecular complexity index is 308. The van der Waals surface area contributed by atoms with Crippen molar-refractivity contribution in [1.29, 1.82) is 0 Å². The maximum absolute atomic E-state index is 12.1. The number of aliphatic hydroxyl groups excluding tert-OH is 1. The van der Waals surface area contributed by atoms with Gasteiger partial charge in [-0.2, -0.15) is 0 Å². The number of likely N-dealkylation sites (tertiary alicyclic amines) is 1. The summed E-state index contributed by atoms with van der Waals surface area (Å²) in [4.78, 5) is 14.6. The average molecular weight is 281 g/mol. The van der Waals surface area contributed by atoms with Gasteiger partial charge < -0.3 is 10.0 Å². The van der Waals surface area contributed by atoms with E-state index >= 15 is 0 Å². The minimum atomic E-state index is -0.178. The first-order valence-electron chi connectivity index (χ1n) is 8.53. The second-order valence-electron chi connectivity index (χ2n) is 6.97. The van der Waals surface area contributed by atoms with E-state index in [9.17, 15) is 9.90 Å². The van der Waals surface area contributed by atoms with Crippen LogP contribution in [0.1, 0.15) is 58.8 Å². The lowest BCUT2D eigenvalue weighted by Gasteiger charge is -2.37. The van der Waals surface area contributed by atoms with Gasteiger partial charge in [0.05, 0.1) is 6.10 Å². The summed E-state index contributed by atoms with van der Waals surface area (Å²) in [5, 5.41) is 9.65. The summed E-state index contributed by atoms with van der Waals surface area (Å²) in [7, 11) is 0. The van der Waals surface area contributed by atoms with E-state index in [1.807, 2.05) is 6.92 Å². The number of piperidine rings is 1. The summed E-state index contributed by atoms with van der Waals surface area (Å²) >= 11 is 0. The summed E-state index contributed by atoms with van der Waals surface area (Å²) in [6.45, 7) is 7.22. The van der Waals surface area contributed by atoms with Gasteiger partial charge in [-0.05, 0) is 57.5 Å². The Morgan fingerprint density at radius 3 is 2.60 bits per heavy atom. The lowest BCUT2D eigenvalue weighted by Crippen LogP contribution is -2.42. The first kappa shape index (κ1) is 16.0. The van der Waals surface area contributed by atoms with Crippen LogP contribution in [0.2, 0.25) is 0 Å². The largest absolute Gasteiger partial charge is 0.393 e. The van der Waals surface area contributed by atoms with Gasteiger partial charge in [0.15, 0.2) is 0 Å². The van der Waals surface area contributed by atoms with Crippen molar-refractivity contribution >= 4 is 5.78 Å². The third-order valence-corrected chi connectivity index (χ3v) is 5.36. The minimum Gasteiger partial charge on any atom is -0.393 e. The van der Waals surface area contributed by atoms with Crippen LogP contribution in [-0.2, 0) is 4.79 Å². The minimum absolute atomic E-state index is 0.178. The number of hydrogen-bond acceptors (Lipinski definition) is 3. The SMILES string of the molecule is CCCC1CCC(=O)C(CN2CCC(C(C)O)CC2)C1. The number of nitrogens with zero attached hydrogens (tertiary/aromatic N) is 1. The van der Waals surface area contributed by atoms with Crippen molar-refractivity contribution in [1.82, 2.24) is 4.90 Å². The van der Waals surface area contributed by atoms with Gasteiger partial charge in [0.2, 0.25) is 0 Å². The van der Waals surface area contributed by atoms with Crippen LogP contribution in [0, 0.1) is 17.8 Å². The van der Waals surface area contributed by atoms with Gasteiger partial charge in [-0.3, -0.25) is 4.79 Å². The monoisotopic (exact) mass is 281 g/mol. The number of hydrogen-bond donors (Lipinski definition) is 1. The Labute approximate surface area is 123 Å². The van der Waals surface area contributed by atoms with Crippen LogP contribution in [0.4, 0.5) is 0 Å². The Kier molecular flexibility index (Phi) is 6.03. The number of aliphatic hydroxyl groups is 1. The zero-order valence-corrected chi connectivity index (χ0v) is 13.2. The molecule has 0 aromatic heterocycles. The number of rotatable bonds is 5. The molecule has 2 fully saturated rings. The zero-order valence-electron chi connectivity index (χ0n) is 13.2. The molecule has 3 heteroatoms. The molecule has 1 aliphatic heterocycles. The normalized spacial score (nSPS) is 31.4. The predicted octanol–water partition coefficient (Wildman–Crippen LogP) is 2.86. The van der Waals surface area contributed by atoms with Crippen molar-refractivity contribution in [2.75, 3.05) is 19.6 Å². The van der Waals surface area contributed by atoms with E-state index in [4.69, 9.17) is 0 Å². The fourth-order valence-corrected chi connectivity index (χ4v) is 3.98. The highest BCUT2D eigenvalue weighted by Crippen LogP contribution is 2.31. The van der Waals surface area contributed by atoms with Crippen LogP contribution in [0.5, 0.6) is 0 Å². The van der Waals surface area contributed by atoms with Crippen LogP contribution < -0.4 is 0 Å². The fraction of sp³-hybridized carbons (Fsp3) is 0.941. The van der Waals surface area contributed by atoms with E-state index in [0.29, 0.717) is 11.7 Å². The molecule has 3 nitrogen and oxygen atoms in total. The molecular formula is C17H31NO2. The molecule has 3 atom stereocenters. The molecule has 3 unspecified atom stereocenters. The van der Waals surface area contributed by atoms with Crippen molar-refractivity contribution < 1.29 is 9.90 Å². The van der Waals surface area contributed by atoms with Gasteiger partial charge in [-0.15, -0.1) is 0 Å². The van der Waals surface area contributed by atoms with Crippen molar-refractivity contribution in [3.63, 3.8) is 0 Å². The standard InChI is InChI=1S/C17H31NO2/c1-3-4-14-5-6-17(20)16(11-14)12-18-9-7-15(8-10-18)13(2)19/h13-16,19H,3-12H2,1-2H3. The lowest BCUT2D eigenvalue weighted by molar-refractivity contribution is -0.126. The van der Waals surface area contributed by atoms with Crippen LogP contribution in [0.25, 0.3) is 0 Å². The smallest absolute Gasteiger partial charge is 0.137 e. The van der Waals surface area contributed by atoms with E-state index < -0.39 is 0 Å². The lowest BCUT2D eigenvalue weighted by atomic mass is 9.78. The molecule has 116 valence electrons. The fourth-order valence-electron chi connectivity index (χ4n) is 3.98. The third-order valence-electron chi connectivity index (χ3n) is 5.36. The zero-order chi connectivity index (χ0) is 14.5. The highest BCUT2D eigenvalue weighted by Gasteiger charge is 2.31. The van der Waals surface area contributed by atoms with Gasteiger partial charge in [-0.1, -0.05) is 19.8 Å². The van der Waals surface area contributed by atoms with Gasteiger partial charge in [-0.25, -0.2) is 0 Å². The third kappa shape index (κ3) is 4.29. The predicted molar refractivity (Wildman–Crippen MR) is 81.6 cm³/mol. The maximum Gasteiger partial charge on any atom is 0.137 e. The molecule has 2 rings (SSSR count). The van der Waals surface area contributed by atoms with Crippen LogP contribution in [0.3, 0.4) is 0 Å². The molecule has 0 spiro atoms. The second-order valence-corrected chi connectivity index (χ2v) is 6.97. The Morgan fingerprint density at radius 2 is 2.00 bits per heavy atom. The molecule has 0 amide bonds. The maximum atomic E-state index is 12.1. The Hall–Kier alpha value is -0.410. The summed E-state index contributed by atoms with van der Waals surface area (Å²) < 4.78 is 0. The number of carbonyl (C=O) groups is 1.